The van der Waals surface area contributed by atoms with Crippen LogP contribution in [0.25, 0.3) is 10.9 Å². The summed E-state index contributed by atoms with van der Waals surface area (Å²) in [5, 5.41) is 5.92. The van der Waals surface area contributed by atoms with Gasteiger partial charge in [0, 0.05) is 36.0 Å². The molecule has 0 unspecified atom stereocenters. The monoisotopic (exact) mass is 337 g/mol. The van der Waals surface area contributed by atoms with E-state index in [1.807, 2.05) is 0 Å². The molecule has 2 aromatic rings. The largest absolute Gasteiger partial charge is 0.379 e. The van der Waals surface area contributed by atoms with Crippen LogP contribution in [0, 0.1) is 6.92 Å². The number of morpholine rings is 1. The molecule has 2 heterocycles. The standard InChI is InChI=1S/C15H20BrN3O/c1-12-14-4-3-13(16)11-15(14)19(17-12)6-2-5-18-7-9-20-10-8-18/h3-4,11H,2,5-10H2,1H3. The second-order valence-corrected chi connectivity index (χ2v) is 6.19. The molecular weight excluding hydrogens is 318 g/mol. The van der Waals surface area contributed by atoms with Crippen molar-refractivity contribution < 1.29 is 4.74 Å². The maximum Gasteiger partial charge on any atom is 0.0696 e. The molecule has 1 saturated heterocycles. The van der Waals surface area contributed by atoms with Gasteiger partial charge < -0.3 is 4.74 Å². The van der Waals surface area contributed by atoms with Crippen LogP contribution < -0.4 is 0 Å². The van der Waals surface area contributed by atoms with Gasteiger partial charge in [-0.25, -0.2) is 0 Å². The van der Waals surface area contributed by atoms with Gasteiger partial charge in [-0.2, -0.15) is 5.10 Å². The summed E-state index contributed by atoms with van der Waals surface area (Å²) < 4.78 is 8.62. The van der Waals surface area contributed by atoms with Crippen molar-refractivity contribution in [3.63, 3.8) is 0 Å². The Morgan fingerprint density at radius 2 is 2.05 bits per heavy atom. The van der Waals surface area contributed by atoms with Gasteiger partial charge >= 0.3 is 0 Å². The zero-order valence-corrected chi connectivity index (χ0v) is 13.4. The zero-order chi connectivity index (χ0) is 13.9. The van der Waals surface area contributed by atoms with Crippen molar-refractivity contribution in [2.75, 3.05) is 32.8 Å². The van der Waals surface area contributed by atoms with Crippen LogP contribution in [-0.4, -0.2) is 47.5 Å². The molecule has 0 saturated carbocycles. The predicted octanol–water partition coefficient (Wildman–Crippen LogP) is 2.83. The summed E-state index contributed by atoms with van der Waals surface area (Å²) in [5.41, 5.74) is 2.33. The SMILES string of the molecule is Cc1nn(CCCN2CCOCC2)c2cc(Br)ccc12. The average molecular weight is 338 g/mol. The molecule has 0 amide bonds. The van der Waals surface area contributed by atoms with Gasteiger partial charge in [0.2, 0.25) is 0 Å². The molecule has 0 aliphatic carbocycles. The van der Waals surface area contributed by atoms with Crippen LogP contribution in [-0.2, 0) is 11.3 Å². The first-order valence-corrected chi connectivity index (χ1v) is 7.96. The summed E-state index contributed by atoms with van der Waals surface area (Å²) >= 11 is 3.54. The Balaban J connectivity index is 1.66. The lowest BCUT2D eigenvalue weighted by atomic mass is 10.2. The summed E-state index contributed by atoms with van der Waals surface area (Å²) in [6.45, 7) is 8.03. The first-order chi connectivity index (χ1) is 9.74. The Morgan fingerprint density at radius 3 is 2.85 bits per heavy atom. The van der Waals surface area contributed by atoms with Crippen LogP contribution in [0.15, 0.2) is 22.7 Å². The van der Waals surface area contributed by atoms with E-state index < -0.39 is 0 Å². The van der Waals surface area contributed by atoms with Crippen molar-refractivity contribution in [1.29, 1.82) is 0 Å². The van der Waals surface area contributed by atoms with E-state index in [-0.39, 0.29) is 0 Å². The lowest BCUT2D eigenvalue weighted by Gasteiger charge is -2.26. The van der Waals surface area contributed by atoms with E-state index in [1.54, 1.807) is 0 Å². The Hall–Kier alpha value is -0.910. The van der Waals surface area contributed by atoms with Crippen molar-refractivity contribution in [1.82, 2.24) is 14.7 Å². The minimum atomic E-state index is 0.872. The number of fused-ring (bicyclic) bond motifs is 1. The van der Waals surface area contributed by atoms with Gasteiger partial charge in [0.05, 0.1) is 24.4 Å². The number of hydrogen-bond acceptors (Lipinski definition) is 3. The van der Waals surface area contributed by atoms with Gasteiger partial charge in [0.25, 0.3) is 0 Å². The van der Waals surface area contributed by atoms with E-state index >= 15 is 0 Å². The van der Waals surface area contributed by atoms with Crippen LogP contribution in [0.1, 0.15) is 12.1 Å². The van der Waals surface area contributed by atoms with E-state index in [9.17, 15) is 0 Å². The van der Waals surface area contributed by atoms with E-state index in [0.29, 0.717) is 0 Å². The maximum atomic E-state index is 5.37. The molecule has 0 spiro atoms. The second kappa shape index (κ2) is 6.24. The van der Waals surface area contributed by atoms with Crippen LogP contribution in [0.4, 0.5) is 0 Å². The Morgan fingerprint density at radius 1 is 1.25 bits per heavy atom. The second-order valence-electron chi connectivity index (χ2n) is 5.28. The summed E-state index contributed by atoms with van der Waals surface area (Å²) in [6.07, 6.45) is 1.13. The number of ether oxygens (including phenoxy) is 1. The Kier molecular flexibility index (Phi) is 4.38. The third kappa shape index (κ3) is 3.05. The van der Waals surface area contributed by atoms with E-state index in [0.717, 1.165) is 56.0 Å². The fraction of sp³-hybridized carbons (Fsp3) is 0.533. The van der Waals surface area contributed by atoms with Crippen LogP contribution in [0.3, 0.4) is 0 Å². The molecule has 4 nitrogen and oxygen atoms in total. The highest BCUT2D eigenvalue weighted by Crippen LogP contribution is 2.22. The number of aromatic nitrogens is 2. The summed E-state index contributed by atoms with van der Waals surface area (Å²) in [5.74, 6) is 0. The molecule has 0 N–H and O–H groups in total. The van der Waals surface area contributed by atoms with E-state index in [1.165, 1.54) is 10.9 Å². The number of rotatable bonds is 4. The molecule has 3 rings (SSSR count). The minimum Gasteiger partial charge on any atom is -0.379 e. The normalized spacial score (nSPS) is 16.9. The van der Waals surface area contributed by atoms with Crippen molar-refractivity contribution in [3.8, 4) is 0 Å². The molecule has 0 bridgehead atoms. The van der Waals surface area contributed by atoms with Gasteiger partial charge in [-0.3, -0.25) is 9.58 Å². The van der Waals surface area contributed by atoms with Crippen molar-refractivity contribution in [3.05, 3.63) is 28.4 Å². The van der Waals surface area contributed by atoms with Crippen molar-refractivity contribution >= 4 is 26.8 Å². The molecular formula is C15H20BrN3O. The number of benzene rings is 1. The smallest absolute Gasteiger partial charge is 0.0696 e. The van der Waals surface area contributed by atoms with Gasteiger partial charge in [-0.15, -0.1) is 0 Å². The fourth-order valence-corrected chi connectivity index (χ4v) is 3.10. The summed E-state index contributed by atoms with van der Waals surface area (Å²) in [4.78, 5) is 2.47. The highest BCUT2D eigenvalue weighted by molar-refractivity contribution is 9.10. The number of nitrogens with zero attached hydrogens (tertiary/aromatic N) is 3. The number of halogens is 1. The molecule has 5 heteroatoms. The third-order valence-electron chi connectivity index (χ3n) is 3.85. The molecule has 1 fully saturated rings. The molecule has 1 aromatic carbocycles. The quantitative estimate of drug-likeness (QED) is 0.859. The van der Waals surface area contributed by atoms with Crippen molar-refractivity contribution in [2.24, 2.45) is 0 Å². The van der Waals surface area contributed by atoms with Gasteiger partial charge in [-0.1, -0.05) is 15.9 Å². The van der Waals surface area contributed by atoms with E-state index in [2.05, 4.69) is 55.7 Å². The molecule has 1 aliphatic heterocycles. The van der Waals surface area contributed by atoms with Crippen LogP contribution in [0.2, 0.25) is 0 Å². The molecule has 108 valence electrons. The third-order valence-corrected chi connectivity index (χ3v) is 4.34. The zero-order valence-electron chi connectivity index (χ0n) is 11.8. The average Bonchev–Trinajstić information content (AvgIpc) is 2.76. The first-order valence-electron chi connectivity index (χ1n) is 7.17. The Bertz CT molecular complexity index is 590. The Labute approximate surface area is 127 Å². The van der Waals surface area contributed by atoms with E-state index in [4.69, 9.17) is 4.74 Å². The molecule has 0 radical (unpaired) electrons. The van der Waals surface area contributed by atoms with Crippen molar-refractivity contribution in [2.45, 2.75) is 19.9 Å². The van der Waals surface area contributed by atoms with Crippen LogP contribution in [0.5, 0.6) is 0 Å². The molecule has 1 aliphatic rings. The summed E-state index contributed by atoms with van der Waals surface area (Å²) in [6, 6.07) is 6.37. The van der Waals surface area contributed by atoms with Gasteiger partial charge in [-0.05, 0) is 31.5 Å². The minimum absolute atomic E-state index is 0.872. The topological polar surface area (TPSA) is 30.3 Å². The maximum absolute atomic E-state index is 5.37. The van der Waals surface area contributed by atoms with Gasteiger partial charge in [0.1, 0.15) is 0 Å². The molecule has 0 atom stereocenters. The lowest BCUT2D eigenvalue weighted by Crippen LogP contribution is -2.37. The number of hydrogen-bond donors (Lipinski definition) is 0. The lowest BCUT2D eigenvalue weighted by molar-refractivity contribution is 0.0368. The predicted molar refractivity (Wildman–Crippen MR) is 84.0 cm³/mol. The first kappa shape index (κ1) is 14.0. The molecule has 20 heavy (non-hydrogen) atoms. The fourth-order valence-electron chi connectivity index (χ4n) is 2.75. The number of aryl methyl sites for hydroxylation is 2. The highest BCUT2D eigenvalue weighted by Gasteiger charge is 2.11. The van der Waals surface area contributed by atoms with Gasteiger partial charge in [0.15, 0.2) is 0 Å². The highest BCUT2D eigenvalue weighted by atomic mass is 79.9. The molecule has 1 aromatic heterocycles. The summed E-state index contributed by atoms with van der Waals surface area (Å²) in [7, 11) is 0. The van der Waals surface area contributed by atoms with Crippen LogP contribution >= 0.6 is 15.9 Å².